The van der Waals surface area contributed by atoms with Crippen molar-refractivity contribution in [3.05, 3.63) is 24.3 Å². The normalized spacial score (nSPS) is 11.1. The number of urea groups is 1. The van der Waals surface area contributed by atoms with E-state index in [9.17, 15) is 14.7 Å². The zero-order valence-electron chi connectivity index (χ0n) is 11.3. The number of amides is 2. The van der Waals surface area contributed by atoms with Crippen LogP contribution in [0.4, 0.5) is 10.5 Å². The molecule has 2 amide bonds. The Labute approximate surface area is 119 Å². The number of para-hydroxylation sites is 1. The zero-order chi connectivity index (χ0) is 15.4. The van der Waals surface area contributed by atoms with Gasteiger partial charge >= 0.3 is 12.0 Å². The fourth-order valence-electron chi connectivity index (χ4n) is 1.97. The summed E-state index contributed by atoms with van der Waals surface area (Å²) in [6.07, 6.45) is 0. The summed E-state index contributed by atoms with van der Waals surface area (Å²) in [5, 5.41) is 17.6. The molecule has 2 aromatic rings. The Morgan fingerprint density at radius 1 is 1.38 bits per heavy atom. The second-order valence-corrected chi connectivity index (χ2v) is 4.12. The van der Waals surface area contributed by atoms with Crippen LogP contribution in [-0.2, 0) is 16.1 Å². The van der Waals surface area contributed by atoms with Gasteiger partial charge in [0.15, 0.2) is 5.69 Å². The van der Waals surface area contributed by atoms with Crippen LogP contribution in [0, 0.1) is 0 Å². The molecule has 2 rings (SSSR count). The lowest BCUT2D eigenvalue weighted by Gasteiger charge is -2.06. The maximum absolute atomic E-state index is 11.6. The monoisotopic (exact) mass is 290 g/mol. The van der Waals surface area contributed by atoms with Gasteiger partial charge in [-0.25, -0.2) is 4.79 Å². The SMILES string of the molecule is CCOC(=O)Cn1c(O)c(N=NC(N)=O)c2ccccc21. The molecule has 0 saturated carbocycles. The first-order valence-corrected chi connectivity index (χ1v) is 6.21. The van der Waals surface area contributed by atoms with E-state index < -0.39 is 12.0 Å². The van der Waals surface area contributed by atoms with Gasteiger partial charge in [0.25, 0.3) is 0 Å². The molecule has 1 aromatic carbocycles. The predicted octanol–water partition coefficient (Wildman–Crippen LogP) is 2.07. The predicted molar refractivity (Wildman–Crippen MR) is 74.3 cm³/mol. The van der Waals surface area contributed by atoms with E-state index in [0.29, 0.717) is 10.9 Å². The Hall–Kier alpha value is -2.90. The summed E-state index contributed by atoms with van der Waals surface area (Å²) < 4.78 is 6.19. The third-order valence-corrected chi connectivity index (χ3v) is 2.76. The summed E-state index contributed by atoms with van der Waals surface area (Å²) in [6.45, 7) is 1.76. The van der Waals surface area contributed by atoms with Crippen molar-refractivity contribution in [1.29, 1.82) is 0 Å². The quantitative estimate of drug-likeness (QED) is 0.661. The van der Waals surface area contributed by atoms with Gasteiger partial charge in [-0.15, -0.1) is 5.11 Å². The van der Waals surface area contributed by atoms with Crippen molar-refractivity contribution in [2.75, 3.05) is 6.61 Å². The van der Waals surface area contributed by atoms with Gasteiger partial charge in [-0.05, 0) is 13.0 Å². The smallest absolute Gasteiger partial charge is 0.356 e. The summed E-state index contributed by atoms with van der Waals surface area (Å²) in [5.74, 6) is -0.777. The highest BCUT2D eigenvalue weighted by Crippen LogP contribution is 2.38. The third-order valence-electron chi connectivity index (χ3n) is 2.76. The van der Waals surface area contributed by atoms with Crippen molar-refractivity contribution < 1.29 is 19.4 Å². The summed E-state index contributed by atoms with van der Waals surface area (Å²) in [4.78, 5) is 22.3. The zero-order valence-corrected chi connectivity index (χ0v) is 11.3. The van der Waals surface area contributed by atoms with Gasteiger partial charge in [0.05, 0.1) is 12.1 Å². The number of carbonyl (C=O) groups is 2. The van der Waals surface area contributed by atoms with E-state index >= 15 is 0 Å². The number of hydrogen-bond acceptors (Lipinski definition) is 5. The molecular formula is C13H14N4O4. The van der Waals surface area contributed by atoms with Crippen molar-refractivity contribution in [3.8, 4) is 5.88 Å². The van der Waals surface area contributed by atoms with Crippen LogP contribution in [0.2, 0.25) is 0 Å². The van der Waals surface area contributed by atoms with Crippen molar-refractivity contribution in [2.45, 2.75) is 13.5 Å². The number of azo groups is 1. The molecule has 1 aromatic heterocycles. The van der Waals surface area contributed by atoms with Crippen LogP contribution >= 0.6 is 0 Å². The highest BCUT2D eigenvalue weighted by Gasteiger charge is 2.18. The molecule has 0 unspecified atom stereocenters. The molecule has 21 heavy (non-hydrogen) atoms. The average Bonchev–Trinajstić information content (AvgIpc) is 2.70. The van der Waals surface area contributed by atoms with Crippen LogP contribution in [-0.4, -0.2) is 28.3 Å². The molecule has 0 aliphatic heterocycles. The topological polar surface area (TPSA) is 119 Å². The van der Waals surface area contributed by atoms with Gasteiger partial charge in [0.1, 0.15) is 6.54 Å². The molecule has 110 valence electrons. The van der Waals surface area contributed by atoms with Gasteiger partial charge in [-0.2, -0.15) is 0 Å². The van der Waals surface area contributed by atoms with Crippen LogP contribution in [0.15, 0.2) is 34.5 Å². The Morgan fingerprint density at radius 3 is 2.76 bits per heavy atom. The maximum atomic E-state index is 11.6. The molecular weight excluding hydrogens is 276 g/mol. The summed E-state index contributed by atoms with van der Waals surface area (Å²) >= 11 is 0. The molecule has 0 fully saturated rings. The summed E-state index contributed by atoms with van der Waals surface area (Å²) in [6, 6.07) is 5.90. The Bertz CT molecular complexity index is 720. The number of fused-ring (bicyclic) bond motifs is 1. The lowest BCUT2D eigenvalue weighted by molar-refractivity contribution is -0.143. The minimum absolute atomic E-state index is 0.0775. The fourth-order valence-corrected chi connectivity index (χ4v) is 1.97. The van der Waals surface area contributed by atoms with E-state index in [2.05, 4.69) is 10.2 Å². The Morgan fingerprint density at radius 2 is 2.10 bits per heavy atom. The Kier molecular flexibility index (Phi) is 4.17. The highest BCUT2D eigenvalue weighted by molar-refractivity contribution is 5.96. The maximum Gasteiger partial charge on any atom is 0.356 e. The lowest BCUT2D eigenvalue weighted by Crippen LogP contribution is -2.12. The van der Waals surface area contributed by atoms with Crippen molar-refractivity contribution >= 4 is 28.6 Å². The van der Waals surface area contributed by atoms with Gasteiger partial charge in [0, 0.05) is 5.39 Å². The number of carbonyl (C=O) groups excluding carboxylic acids is 2. The van der Waals surface area contributed by atoms with Crippen LogP contribution in [0.3, 0.4) is 0 Å². The number of ether oxygens (including phenoxy) is 1. The van der Waals surface area contributed by atoms with Gasteiger partial charge in [0.2, 0.25) is 5.88 Å². The number of benzene rings is 1. The van der Waals surface area contributed by atoms with Crippen LogP contribution in [0.25, 0.3) is 10.9 Å². The first-order chi connectivity index (χ1) is 10.0. The number of hydrogen-bond donors (Lipinski definition) is 2. The largest absolute Gasteiger partial charge is 0.493 e. The second kappa shape index (κ2) is 6.04. The number of aromatic nitrogens is 1. The highest BCUT2D eigenvalue weighted by atomic mass is 16.5. The molecule has 0 aliphatic carbocycles. The van der Waals surface area contributed by atoms with Gasteiger partial charge in [-0.1, -0.05) is 23.3 Å². The Balaban J connectivity index is 2.53. The van der Waals surface area contributed by atoms with Crippen molar-refractivity contribution in [3.63, 3.8) is 0 Å². The van der Waals surface area contributed by atoms with E-state index in [1.807, 2.05) is 0 Å². The molecule has 0 spiro atoms. The standard InChI is InChI=1S/C13H14N4O4/c1-2-21-10(18)7-17-9-6-4-3-5-8(9)11(12(17)19)15-16-13(14)20/h3-6,19H,2,7H2,1H3,(H2,14,20). The van der Waals surface area contributed by atoms with E-state index in [1.165, 1.54) is 4.57 Å². The van der Waals surface area contributed by atoms with Gasteiger partial charge < -0.3 is 15.6 Å². The van der Waals surface area contributed by atoms with Crippen LogP contribution in [0.1, 0.15) is 6.92 Å². The molecule has 0 saturated heterocycles. The fraction of sp³-hybridized carbons (Fsp3) is 0.231. The minimum atomic E-state index is -0.975. The lowest BCUT2D eigenvalue weighted by atomic mass is 10.2. The van der Waals surface area contributed by atoms with Gasteiger partial charge in [-0.3, -0.25) is 9.36 Å². The summed E-state index contributed by atoms with van der Waals surface area (Å²) in [5.41, 5.74) is 5.55. The van der Waals surface area contributed by atoms with Crippen molar-refractivity contribution in [2.24, 2.45) is 16.0 Å². The number of nitrogens with two attached hydrogens (primary N) is 1. The third kappa shape index (κ3) is 2.99. The molecule has 8 heteroatoms. The minimum Gasteiger partial charge on any atom is -0.493 e. The second-order valence-electron chi connectivity index (χ2n) is 4.12. The number of primary amides is 1. The molecule has 3 N–H and O–H groups in total. The molecule has 8 nitrogen and oxygen atoms in total. The number of aromatic hydroxyl groups is 1. The molecule has 0 radical (unpaired) electrons. The number of esters is 1. The number of rotatable bonds is 4. The van der Waals surface area contributed by atoms with E-state index in [-0.39, 0.29) is 24.7 Å². The first kappa shape index (κ1) is 14.5. The first-order valence-electron chi connectivity index (χ1n) is 6.21. The molecule has 0 bridgehead atoms. The molecule has 1 heterocycles. The van der Waals surface area contributed by atoms with E-state index in [1.54, 1.807) is 31.2 Å². The molecule has 0 atom stereocenters. The van der Waals surface area contributed by atoms with E-state index in [0.717, 1.165) is 0 Å². The average molecular weight is 290 g/mol. The number of nitrogens with zero attached hydrogens (tertiary/aromatic N) is 3. The van der Waals surface area contributed by atoms with Crippen molar-refractivity contribution in [1.82, 2.24) is 4.57 Å². The molecule has 0 aliphatic rings. The van der Waals surface area contributed by atoms with E-state index in [4.69, 9.17) is 10.5 Å². The summed E-state index contributed by atoms with van der Waals surface area (Å²) in [7, 11) is 0. The van der Waals surface area contributed by atoms with Crippen LogP contribution < -0.4 is 5.73 Å². The van der Waals surface area contributed by atoms with Crippen LogP contribution in [0.5, 0.6) is 5.88 Å².